The van der Waals surface area contributed by atoms with Crippen LogP contribution in [0.3, 0.4) is 0 Å². The van der Waals surface area contributed by atoms with E-state index in [1.165, 1.54) is 11.3 Å². The molecule has 0 fully saturated rings. The molecule has 0 saturated heterocycles. The third-order valence-electron chi connectivity index (χ3n) is 1.74. The van der Waals surface area contributed by atoms with Gasteiger partial charge in [0.05, 0.1) is 17.6 Å². The summed E-state index contributed by atoms with van der Waals surface area (Å²) in [5.74, 6) is 0.0919. The Kier molecular flexibility index (Phi) is 3.89. The standard InChI is InChI=1S/C9H14N2OS/c1-3-4-10-9(12)5-8-7(2)11-6-13-8/h6H,3-5H2,1-2H3,(H,10,12). The van der Waals surface area contributed by atoms with Gasteiger partial charge in [-0.15, -0.1) is 11.3 Å². The molecule has 13 heavy (non-hydrogen) atoms. The van der Waals surface area contributed by atoms with E-state index in [1.54, 1.807) is 5.51 Å². The van der Waals surface area contributed by atoms with Gasteiger partial charge in [-0.25, -0.2) is 4.98 Å². The van der Waals surface area contributed by atoms with Crippen LogP contribution in [0.25, 0.3) is 0 Å². The second-order valence-corrected chi connectivity index (χ2v) is 3.83. The first-order valence-corrected chi connectivity index (χ1v) is 5.27. The first-order valence-electron chi connectivity index (χ1n) is 4.39. The van der Waals surface area contributed by atoms with Crippen molar-refractivity contribution in [2.75, 3.05) is 6.54 Å². The molecule has 0 radical (unpaired) electrons. The van der Waals surface area contributed by atoms with E-state index in [0.29, 0.717) is 6.42 Å². The van der Waals surface area contributed by atoms with E-state index in [4.69, 9.17) is 0 Å². The topological polar surface area (TPSA) is 42.0 Å². The van der Waals surface area contributed by atoms with Gasteiger partial charge >= 0.3 is 0 Å². The predicted molar refractivity (Wildman–Crippen MR) is 53.9 cm³/mol. The lowest BCUT2D eigenvalue weighted by Gasteiger charge is -2.01. The first kappa shape index (κ1) is 10.2. The van der Waals surface area contributed by atoms with Gasteiger partial charge in [0, 0.05) is 11.4 Å². The maximum Gasteiger partial charge on any atom is 0.225 e. The van der Waals surface area contributed by atoms with Crippen LogP contribution >= 0.6 is 11.3 Å². The lowest BCUT2D eigenvalue weighted by Crippen LogP contribution is -2.25. The molecule has 4 heteroatoms. The van der Waals surface area contributed by atoms with Gasteiger partial charge in [-0.3, -0.25) is 4.79 Å². The lowest BCUT2D eigenvalue weighted by atomic mass is 10.3. The summed E-state index contributed by atoms with van der Waals surface area (Å²) < 4.78 is 0. The van der Waals surface area contributed by atoms with Crippen LogP contribution < -0.4 is 5.32 Å². The number of carbonyl (C=O) groups is 1. The van der Waals surface area contributed by atoms with E-state index in [-0.39, 0.29) is 5.91 Å². The number of aryl methyl sites for hydroxylation is 1. The fourth-order valence-electron chi connectivity index (χ4n) is 0.969. The normalized spacial score (nSPS) is 10.0. The van der Waals surface area contributed by atoms with Crippen molar-refractivity contribution in [3.05, 3.63) is 16.1 Å². The molecule has 1 aromatic heterocycles. The largest absolute Gasteiger partial charge is 0.356 e. The number of thiazole rings is 1. The van der Waals surface area contributed by atoms with Crippen LogP contribution in [0.5, 0.6) is 0 Å². The molecule has 1 aromatic rings. The van der Waals surface area contributed by atoms with Crippen molar-refractivity contribution in [2.45, 2.75) is 26.7 Å². The third kappa shape index (κ3) is 3.14. The molecular formula is C9H14N2OS. The van der Waals surface area contributed by atoms with Crippen LogP contribution in [-0.4, -0.2) is 17.4 Å². The first-order chi connectivity index (χ1) is 6.24. The number of hydrogen-bond acceptors (Lipinski definition) is 3. The van der Waals surface area contributed by atoms with E-state index in [9.17, 15) is 4.79 Å². The Morgan fingerprint density at radius 3 is 3.00 bits per heavy atom. The molecule has 0 atom stereocenters. The molecule has 0 aliphatic carbocycles. The minimum atomic E-state index is 0.0919. The van der Waals surface area contributed by atoms with Crippen molar-refractivity contribution in [2.24, 2.45) is 0 Å². The number of hydrogen-bond donors (Lipinski definition) is 1. The lowest BCUT2D eigenvalue weighted by molar-refractivity contribution is -0.120. The Bertz CT molecular complexity index is 283. The number of nitrogens with zero attached hydrogens (tertiary/aromatic N) is 1. The van der Waals surface area contributed by atoms with Crippen LogP contribution in [0.2, 0.25) is 0 Å². The summed E-state index contributed by atoms with van der Waals surface area (Å²) in [6.45, 7) is 4.73. The number of amides is 1. The zero-order valence-electron chi connectivity index (χ0n) is 7.96. The summed E-state index contributed by atoms with van der Waals surface area (Å²) in [5, 5.41) is 2.84. The molecule has 1 heterocycles. The summed E-state index contributed by atoms with van der Waals surface area (Å²) in [6, 6.07) is 0. The average molecular weight is 198 g/mol. The highest BCUT2D eigenvalue weighted by Crippen LogP contribution is 2.12. The maximum atomic E-state index is 11.3. The summed E-state index contributed by atoms with van der Waals surface area (Å²) >= 11 is 1.54. The van der Waals surface area contributed by atoms with Gasteiger partial charge in [0.2, 0.25) is 5.91 Å². The van der Waals surface area contributed by atoms with Gasteiger partial charge in [0.15, 0.2) is 0 Å². The minimum absolute atomic E-state index is 0.0919. The highest BCUT2D eigenvalue weighted by atomic mass is 32.1. The van der Waals surface area contributed by atoms with Crippen LogP contribution in [0.1, 0.15) is 23.9 Å². The molecule has 0 aliphatic heterocycles. The molecule has 3 nitrogen and oxygen atoms in total. The zero-order valence-corrected chi connectivity index (χ0v) is 8.78. The molecule has 72 valence electrons. The highest BCUT2D eigenvalue weighted by Gasteiger charge is 2.06. The van der Waals surface area contributed by atoms with Gasteiger partial charge < -0.3 is 5.32 Å². The fourth-order valence-corrected chi connectivity index (χ4v) is 1.74. The summed E-state index contributed by atoms with van der Waals surface area (Å²) in [7, 11) is 0. The summed E-state index contributed by atoms with van der Waals surface area (Å²) in [4.78, 5) is 16.4. The van der Waals surface area contributed by atoms with Crippen LogP contribution in [0, 0.1) is 6.92 Å². The molecular weight excluding hydrogens is 184 g/mol. The summed E-state index contributed by atoms with van der Waals surface area (Å²) in [5.41, 5.74) is 2.74. The zero-order chi connectivity index (χ0) is 9.68. The Morgan fingerprint density at radius 1 is 1.69 bits per heavy atom. The molecule has 0 bridgehead atoms. The van der Waals surface area contributed by atoms with Gasteiger partial charge in [0.1, 0.15) is 0 Å². The molecule has 0 unspecified atom stereocenters. The Balaban J connectivity index is 2.41. The van der Waals surface area contributed by atoms with Crippen molar-refractivity contribution in [1.29, 1.82) is 0 Å². The molecule has 1 amide bonds. The predicted octanol–water partition coefficient (Wildman–Crippen LogP) is 1.52. The van der Waals surface area contributed by atoms with E-state index in [0.717, 1.165) is 23.5 Å². The van der Waals surface area contributed by atoms with Crippen molar-refractivity contribution >= 4 is 17.2 Å². The second-order valence-electron chi connectivity index (χ2n) is 2.89. The monoisotopic (exact) mass is 198 g/mol. The Hall–Kier alpha value is -0.900. The van der Waals surface area contributed by atoms with E-state index < -0.39 is 0 Å². The second kappa shape index (κ2) is 4.97. The molecule has 0 saturated carbocycles. The van der Waals surface area contributed by atoms with Gasteiger partial charge in [-0.05, 0) is 13.3 Å². The molecule has 0 aliphatic rings. The van der Waals surface area contributed by atoms with Crippen LogP contribution in [0.15, 0.2) is 5.51 Å². The van der Waals surface area contributed by atoms with E-state index in [2.05, 4.69) is 10.3 Å². The van der Waals surface area contributed by atoms with Gasteiger partial charge in [0.25, 0.3) is 0 Å². The van der Waals surface area contributed by atoms with Crippen LogP contribution in [0.4, 0.5) is 0 Å². The van der Waals surface area contributed by atoms with Crippen molar-refractivity contribution < 1.29 is 4.79 Å². The quantitative estimate of drug-likeness (QED) is 0.797. The number of aromatic nitrogens is 1. The average Bonchev–Trinajstić information content (AvgIpc) is 2.48. The van der Waals surface area contributed by atoms with E-state index in [1.807, 2.05) is 13.8 Å². The number of carbonyl (C=O) groups excluding carboxylic acids is 1. The van der Waals surface area contributed by atoms with Gasteiger partial charge in [-0.2, -0.15) is 0 Å². The summed E-state index contributed by atoms with van der Waals surface area (Å²) in [6.07, 6.45) is 1.45. The van der Waals surface area contributed by atoms with Gasteiger partial charge in [-0.1, -0.05) is 6.92 Å². The molecule has 0 aromatic carbocycles. The minimum Gasteiger partial charge on any atom is -0.356 e. The maximum absolute atomic E-state index is 11.3. The highest BCUT2D eigenvalue weighted by molar-refractivity contribution is 7.09. The van der Waals surface area contributed by atoms with Crippen LogP contribution in [-0.2, 0) is 11.2 Å². The SMILES string of the molecule is CCCNC(=O)Cc1scnc1C. The number of nitrogens with one attached hydrogen (secondary N) is 1. The van der Waals surface area contributed by atoms with Crippen molar-refractivity contribution in [1.82, 2.24) is 10.3 Å². The molecule has 0 spiro atoms. The van der Waals surface area contributed by atoms with Crippen molar-refractivity contribution in [3.63, 3.8) is 0 Å². The smallest absolute Gasteiger partial charge is 0.225 e. The molecule has 1 N–H and O–H groups in total. The third-order valence-corrected chi connectivity index (χ3v) is 2.67. The van der Waals surface area contributed by atoms with E-state index >= 15 is 0 Å². The molecule has 1 rings (SSSR count). The van der Waals surface area contributed by atoms with Crippen molar-refractivity contribution in [3.8, 4) is 0 Å². The Morgan fingerprint density at radius 2 is 2.46 bits per heavy atom. The fraction of sp³-hybridized carbons (Fsp3) is 0.556. The number of rotatable bonds is 4. The Labute approximate surface area is 82.2 Å².